The van der Waals surface area contributed by atoms with Crippen LogP contribution in [0, 0.1) is 0 Å². The Bertz CT molecular complexity index is 364. The summed E-state index contributed by atoms with van der Waals surface area (Å²) in [6.45, 7) is 8.29. The van der Waals surface area contributed by atoms with Crippen molar-refractivity contribution in [3.8, 4) is 0 Å². The number of amides is 1. The highest BCUT2D eigenvalue weighted by atomic mass is 16.2. The topological polar surface area (TPSA) is 20.3 Å². The van der Waals surface area contributed by atoms with E-state index in [0.29, 0.717) is 0 Å². The molecule has 2 nitrogen and oxygen atoms in total. The molecular formula is C32H65NO. The number of hydrogen-bond acceptors (Lipinski definition) is 1. The van der Waals surface area contributed by atoms with Crippen molar-refractivity contribution < 1.29 is 4.79 Å². The third-order valence-corrected chi connectivity index (χ3v) is 7.51. The molecule has 0 spiro atoms. The van der Waals surface area contributed by atoms with Crippen LogP contribution in [0.4, 0.5) is 0 Å². The Kier molecular flexibility index (Phi) is 28.3. The van der Waals surface area contributed by atoms with E-state index in [1.807, 2.05) is 0 Å². The van der Waals surface area contributed by atoms with E-state index in [4.69, 9.17) is 0 Å². The van der Waals surface area contributed by atoms with Crippen LogP contribution in [0.1, 0.15) is 188 Å². The molecule has 0 atom stereocenters. The van der Waals surface area contributed by atoms with Gasteiger partial charge in [0, 0.05) is 20.0 Å². The summed E-state index contributed by atoms with van der Waals surface area (Å²) in [6.07, 6.45) is 36.0. The minimum atomic E-state index is 0.276. The molecule has 0 saturated carbocycles. The van der Waals surface area contributed by atoms with Gasteiger partial charge >= 0.3 is 0 Å². The average molecular weight is 480 g/mol. The maximum Gasteiger partial charge on any atom is 0.219 e. The van der Waals surface area contributed by atoms with E-state index in [0.717, 1.165) is 13.1 Å². The monoisotopic (exact) mass is 480 g/mol. The zero-order valence-electron chi connectivity index (χ0n) is 24.2. The van der Waals surface area contributed by atoms with Gasteiger partial charge in [-0.2, -0.15) is 0 Å². The molecule has 0 N–H and O–H groups in total. The lowest BCUT2D eigenvalue weighted by molar-refractivity contribution is -0.129. The lowest BCUT2D eigenvalue weighted by atomic mass is 10.0. The molecule has 0 aliphatic rings. The van der Waals surface area contributed by atoms with E-state index in [-0.39, 0.29) is 5.91 Å². The van der Waals surface area contributed by atoms with Gasteiger partial charge in [-0.1, -0.05) is 168 Å². The molecule has 0 bridgehead atoms. The van der Waals surface area contributed by atoms with Crippen LogP contribution in [-0.2, 0) is 4.79 Å². The van der Waals surface area contributed by atoms with Crippen LogP contribution >= 0.6 is 0 Å². The van der Waals surface area contributed by atoms with Gasteiger partial charge in [-0.3, -0.25) is 4.79 Å². The SMILES string of the molecule is CCCCCCCCCCCCCCCN(CCCCCCCCCCCCCCC)C(C)=O. The van der Waals surface area contributed by atoms with Crippen molar-refractivity contribution >= 4 is 5.91 Å². The molecule has 0 unspecified atom stereocenters. The van der Waals surface area contributed by atoms with Crippen LogP contribution in [0.15, 0.2) is 0 Å². The Morgan fingerprint density at radius 1 is 0.382 bits per heavy atom. The molecule has 0 aromatic rings. The summed E-state index contributed by atoms with van der Waals surface area (Å²) >= 11 is 0. The zero-order chi connectivity index (χ0) is 25.0. The van der Waals surface area contributed by atoms with Crippen LogP contribution in [-0.4, -0.2) is 23.9 Å². The van der Waals surface area contributed by atoms with E-state index >= 15 is 0 Å². The van der Waals surface area contributed by atoms with Crippen LogP contribution in [0.5, 0.6) is 0 Å². The molecule has 0 aromatic carbocycles. The molecule has 34 heavy (non-hydrogen) atoms. The molecule has 0 radical (unpaired) electrons. The smallest absolute Gasteiger partial charge is 0.219 e. The minimum absolute atomic E-state index is 0.276. The highest BCUT2D eigenvalue weighted by molar-refractivity contribution is 5.73. The first-order valence-electron chi connectivity index (χ1n) is 16.0. The highest BCUT2D eigenvalue weighted by Gasteiger charge is 2.07. The van der Waals surface area contributed by atoms with Gasteiger partial charge in [0.05, 0.1) is 0 Å². The van der Waals surface area contributed by atoms with E-state index in [1.165, 1.54) is 167 Å². The second kappa shape index (κ2) is 28.7. The first kappa shape index (κ1) is 33.5. The summed E-state index contributed by atoms with van der Waals surface area (Å²) in [5.74, 6) is 0.276. The van der Waals surface area contributed by atoms with Crippen molar-refractivity contribution in [1.29, 1.82) is 0 Å². The summed E-state index contributed by atoms with van der Waals surface area (Å²) in [7, 11) is 0. The molecule has 0 fully saturated rings. The van der Waals surface area contributed by atoms with E-state index in [9.17, 15) is 4.79 Å². The quantitative estimate of drug-likeness (QED) is 0.102. The Labute approximate surface area is 216 Å². The third-order valence-electron chi connectivity index (χ3n) is 7.51. The zero-order valence-corrected chi connectivity index (χ0v) is 24.2. The molecule has 0 saturated heterocycles. The normalized spacial score (nSPS) is 11.3. The molecule has 0 aliphatic carbocycles. The van der Waals surface area contributed by atoms with Crippen LogP contribution in [0.2, 0.25) is 0 Å². The Morgan fingerprint density at radius 3 is 0.794 bits per heavy atom. The van der Waals surface area contributed by atoms with Gasteiger partial charge in [-0.25, -0.2) is 0 Å². The summed E-state index contributed by atoms with van der Waals surface area (Å²) in [6, 6.07) is 0. The van der Waals surface area contributed by atoms with Crippen molar-refractivity contribution in [3.63, 3.8) is 0 Å². The largest absolute Gasteiger partial charge is 0.343 e. The van der Waals surface area contributed by atoms with Crippen molar-refractivity contribution in [3.05, 3.63) is 0 Å². The number of nitrogens with zero attached hydrogens (tertiary/aromatic N) is 1. The first-order valence-corrected chi connectivity index (χ1v) is 16.0. The van der Waals surface area contributed by atoms with E-state index in [2.05, 4.69) is 18.7 Å². The molecule has 1 amide bonds. The van der Waals surface area contributed by atoms with Crippen LogP contribution < -0.4 is 0 Å². The van der Waals surface area contributed by atoms with Gasteiger partial charge in [0.2, 0.25) is 5.91 Å². The van der Waals surface area contributed by atoms with Gasteiger partial charge < -0.3 is 4.90 Å². The van der Waals surface area contributed by atoms with E-state index in [1.54, 1.807) is 6.92 Å². The van der Waals surface area contributed by atoms with Crippen molar-refractivity contribution in [2.75, 3.05) is 13.1 Å². The molecule has 0 aromatic heterocycles. The summed E-state index contributed by atoms with van der Waals surface area (Å²) in [5.41, 5.74) is 0. The second-order valence-corrected chi connectivity index (χ2v) is 11.0. The standard InChI is InChI=1S/C32H65NO/c1-4-6-8-10-12-14-16-18-20-22-24-26-28-30-33(32(3)34)31-29-27-25-23-21-19-17-15-13-11-9-7-5-2/h4-31H2,1-3H3. The number of unbranched alkanes of at least 4 members (excludes halogenated alkanes) is 24. The van der Waals surface area contributed by atoms with Gasteiger partial charge in [0.15, 0.2) is 0 Å². The maximum atomic E-state index is 12.0. The fraction of sp³-hybridized carbons (Fsp3) is 0.969. The highest BCUT2D eigenvalue weighted by Crippen LogP contribution is 2.14. The Hall–Kier alpha value is -0.530. The average Bonchev–Trinajstić information content (AvgIpc) is 2.83. The van der Waals surface area contributed by atoms with Crippen molar-refractivity contribution in [2.45, 2.75) is 188 Å². The second-order valence-electron chi connectivity index (χ2n) is 11.0. The number of hydrogen-bond donors (Lipinski definition) is 0. The Morgan fingerprint density at radius 2 is 0.588 bits per heavy atom. The van der Waals surface area contributed by atoms with Gasteiger partial charge in [0.1, 0.15) is 0 Å². The third kappa shape index (κ3) is 26.1. The van der Waals surface area contributed by atoms with Gasteiger partial charge in [-0.15, -0.1) is 0 Å². The number of carbonyl (C=O) groups is 1. The summed E-state index contributed by atoms with van der Waals surface area (Å²) < 4.78 is 0. The van der Waals surface area contributed by atoms with Crippen molar-refractivity contribution in [1.82, 2.24) is 4.90 Å². The van der Waals surface area contributed by atoms with E-state index < -0.39 is 0 Å². The Balaban J connectivity index is 3.41. The van der Waals surface area contributed by atoms with Crippen molar-refractivity contribution in [2.24, 2.45) is 0 Å². The number of carbonyl (C=O) groups excluding carboxylic acids is 1. The molecule has 2 heteroatoms. The predicted molar refractivity (Wildman–Crippen MR) is 154 cm³/mol. The fourth-order valence-corrected chi connectivity index (χ4v) is 5.07. The predicted octanol–water partition coefficient (Wildman–Crippen LogP) is 11.0. The first-order chi connectivity index (χ1) is 16.7. The summed E-state index contributed by atoms with van der Waals surface area (Å²) in [4.78, 5) is 14.1. The number of rotatable bonds is 28. The molecule has 204 valence electrons. The fourth-order valence-electron chi connectivity index (χ4n) is 5.07. The molecular weight excluding hydrogens is 414 g/mol. The molecule has 0 aliphatic heterocycles. The van der Waals surface area contributed by atoms with Gasteiger partial charge in [-0.05, 0) is 12.8 Å². The molecule has 0 rings (SSSR count). The lowest BCUT2D eigenvalue weighted by Gasteiger charge is -2.21. The molecule has 0 heterocycles. The van der Waals surface area contributed by atoms with Crippen LogP contribution in [0.3, 0.4) is 0 Å². The van der Waals surface area contributed by atoms with Crippen LogP contribution in [0.25, 0.3) is 0 Å². The van der Waals surface area contributed by atoms with Gasteiger partial charge in [0.25, 0.3) is 0 Å². The maximum absolute atomic E-state index is 12.0. The summed E-state index contributed by atoms with van der Waals surface area (Å²) in [5, 5.41) is 0. The minimum Gasteiger partial charge on any atom is -0.343 e. The lowest BCUT2D eigenvalue weighted by Crippen LogP contribution is -2.30.